The number of benzene rings is 2. The minimum atomic E-state index is -0.482. The van der Waals surface area contributed by atoms with E-state index in [1.54, 1.807) is 60.8 Å². The fraction of sp³-hybridized carbons (Fsp3) is 0.200. The fourth-order valence-electron chi connectivity index (χ4n) is 3.80. The van der Waals surface area contributed by atoms with E-state index in [0.717, 1.165) is 22.5 Å². The number of carbonyl (C=O) groups is 3. The Balaban J connectivity index is 1.27. The quantitative estimate of drug-likeness (QED) is 0.0815. The summed E-state index contributed by atoms with van der Waals surface area (Å²) in [6.45, 7) is 2.70. The number of nitrogens with one attached hydrogen (secondary N) is 3. The van der Waals surface area contributed by atoms with Gasteiger partial charge in [-0.2, -0.15) is 5.10 Å². The number of rotatable bonds is 13. The summed E-state index contributed by atoms with van der Waals surface area (Å²) < 4.78 is 5.11. The maximum absolute atomic E-state index is 12.7. The minimum Gasteiger partial charge on any atom is -0.506 e. The number of hydrogen-bond acceptors (Lipinski definition) is 9. The molecule has 0 aliphatic carbocycles. The van der Waals surface area contributed by atoms with E-state index in [1.807, 2.05) is 12.1 Å². The molecular formula is C30H29ClN4O6S2. The molecule has 4 rings (SSSR count). The number of hydrazone groups is 1. The molecule has 0 spiro atoms. The lowest BCUT2D eigenvalue weighted by atomic mass is 10.1. The van der Waals surface area contributed by atoms with Gasteiger partial charge in [0.15, 0.2) is 0 Å². The Kier molecular flexibility index (Phi) is 11.4. The van der Waals surface area contributed by atoms with Gasteiger partial charge in [0.25, 0.3) is 17.7 Å². The monoisotopic (exact) mass is 640 g/mol. The lowest BCUT2D eigenvalue weighted by Crippen LogP contribution is -2.27. The zero-order chi connectivity index (χ0) is 30.8. The zero-order valence-corrected chi connectivity index (χ0v) is 25.4. The van der Waals surface area contributed by atoms with Gasteiger partial charge in [0.2, 0.25) is 0 Å². The van der Waals surface area contributed by atoms with Crippen molar-refractivity contribution in [2.45, 2.75) is 13.5 Å². The Labute approximate surface area is 261 Å². The van der Waals surface area contributed by atoms with E-state index >= 15 is 0 Å². The van der Waals surface area contributed by atoms with Crippen molar-refractivity contribution in [2.75, 3.05) is 26.4 Å². The van der Waals surface area contributed by atoms with Gasteiger partial charge in [0, 0.05) is 29.1 Å². The molecule has 5 N–H and O–H groups in total. The first-order valence-electron chi connectivity index (χ1n) is 13.1. The third-order valence-corrected chi connectivity index (χ3v) is 8.43. The first-order valence-corrected chi connectivity index (χ1v) is 15.2. The van der Waals surface area contributed by atoms with Crippen molar-refractivity contribution in [1.29, 1.82) is 0 Å². The van der Waals surface area contributed by atoms with Gasteiger partial charge in [-0.15, -0.1) is 22.7 Å². The lowest BCUT2D eigenvalue weighted by Gasteiger charge is -2.07. The molecule has 0 aliphatic rings. The van der Waals surface area contributed by atoms with Crippen molar-refractivity contribution in [3.8, 4) is 16.2 Å². The Morgan fingerprint density at radius 1 is 0.907 bits per heavy atom. The SMILES string of the molecule is C/C(=N\NC(=O)c1ccc(C(=O)NCc2ccc(C(=O)NCCOCCO)cc2)s1)c1csc(-c2ccc(Cl)cc2)c1O. The standard InChI is InChI=1S/C30H29ClN4O6S2/c1-18(23-17-42-27(26(23)37)20-6-8-22(31)9-7-20)34-35-30(40)25-11-10-24(43-25)29(39)33-16-19-2-4-21(5-3-19)28(38)32-12-14-41-15-13-36/h2-11,17,36-37H,12-16H2,1H3,(H,32,38)(H,33,39)(H,35,40)/b34-18+. The van der Waals surface area contributed by atoms with Crippen LogP contribution in [0.4, 0.5) is 0 Å². The molecule has 0 unspecified atom stereocenters. The number of halogens is 1. The Bertz CT molecular complexity index is 1600. The van der Waals surface area contributed by atoms with Gasteiger partial charge in [-0.25, -0.2) is 5.43 Å². The van der Waals surface area contributed by atoms with Gasteiger partial charge in [-0.3, -0.25) is 14.4 Å². The first kappa shape index (κ1) is 31.9. The van der Waals surface area contributed by atoms with Crippen LogP contribution in [-0.2, 0) is 11.3 Å². The average Bonchev–Trinajstić information content (AvgIpc) is 3.66. The highest BCUT2D eigenvalue weighted by Crippen LogP contribution is 2.39. The van der Waals surface area contributed by atoms with E-state index < -0.39 is 5.91 Å². The van der Waals surface area contributed by atoms with Crippen LogP contribution in [0.15, 0.2) is 71.1 Å². The van der Waals surface area contributed by atoms with Crippen molar-refractivity contribution in [3.63, 3.8) is 0 Å². The number of aliphatic hydroxyl groups excluding tert-OH is 1. The molecule has 4 aromatic rings. The van der Waals surface area contributed by atoms with Crippen LogP contribution in [0.3, 0.4) is 0 Å². The molecule has 0 fully saturated rings. The zero-order valence-electron chi connectivity index (χ0n) is 23.1. The Hall–Kier alpha value is -4.07. The molecule has 13 heteroatoms. The van der Waals surface area contributed by atoms with Crippen LogP contribution in [0.5, 0.6) is 5.75 Å². The Morgan fingerprint density at radius 3 is 2.30 bits per heavy atom. The summed E-state index contributed by atoms with van der Waals surface area (Å²) in [6, 6.07) is 17.0. The molecule has 0 bridgehead atoms. The van der Waals surface area contributed by atoms with Crippen LogP contribution < -0.4 is 16.1 Å². The van der Waals surface area contributed by atoms with E-state index in [9.17, 15) is 19.5 Å². The topological polar surface area (TPSA) is 149 Å². The van der Waals surface area contributed by atoms with E-state index in [1.165, 1.54) is 11.3 Å². The summed E-state index contributed by atoms with van der Waals surface area (Å²) in [4.78, 5) is 38.9. The van der Waals surface area contributed by atoms with Crippen molar-refractivity contribution in [1.82, 2.24) is 16.1 Å². The van der Waals surface area contributed by atoms with Gasteiger partial charge >= 0.3 is 0 Å². The molecule has 0 saturated carbocycles. The molecule has 224 valence electrons. The summed E-state index contributed by atoms with van der Waals surface area (Å²) in [7, 11) is 0. The average molecular weight is 641 g/mol. The number of carbonyl (C=O) groups excluding carboxylic acids is 3. The van der Waals surface area contributed by atoms with Crippen LogP contribution in [0.2, 0.25) is 5.02 Å². The van der Waals surface area contributed by atoms with Crippen LogP contribution in [-0.4, -0.2) is 60.0 Å². The van der Waals surface area contributed by atoms with E-state index in [4.69, 9.17) is 21.4 Å². The number of nitrogens with zero attached hydrogens (tertiary/aromatic N) is 1. The van der Waals surface area contributed by atoms with Crippen molar-refractivity contribution in [2.24, 2.45) is 5.10 Å². The largest absolute Gasteiger partial charge is 0.506 e. The van der Waals surface area contributed by atoms with Crippen LogP contribution in [0.25, 0.3) is 10.4 Å². The number of hydrogen-bond donors (Lipinski definition) is 5. The highest BCUT2D eigenvalue weighted by atomic mass is 35.5. The molecule has 0 aliphatic heterocycles. The summed E-state index contributed by atoms with van der Waals surface area (Å²) >= 11 is 8.33. The summed E-state index contributed by atoms with van der Waals surface area (Å²) in [5.41, 5.74) is 5.49. The molecule has 0 saturated heterocycles. The third kappa shape index (κ3) is 8.72. The Morgan fingerprint density at radius 2 is 1.60 bits per heavy atom. The van der Waals surface area contributed by atoms with Gasteiger partial charge in [-0.05, 0) is 54.4 Å². The smallest absolute Gasteiger partial charge is 0.281 e. The van der Waals surface area contributed by atoms with Crippen LogP contribution >= 0.6 is 34.3 Å². The first-order chi connectivity index (χ1) is 20.8. The van der Waals surface area contributed by atoms with Gasteiger partial charge in [-0.1, -0.05) is 35.9 Å². The summed E-state index contributed by atoms with van der Waals surface area (Å²) in [6.07, 6.45) is 0. The second kappa shape index (κ2) is 15.4. The molecule has 2 heterocycles. The predicted molar refractivity (Wildman–Crippen MR) is 168 cm³/mol. The molecule has 0 atom stereocenters. The minimum absolute atomic E-state index is 0.0659. The highest BCUT2D eigenvalue weighted by molar-refractivity contribution is 7.16. The van der Waals surface area contributed by atoms with Gasteiger partial charge in [0.05, 0.1) is 45.7 Å². The molecule has 2 aromatic carbocycles. The number of ether oxygens (including phenoxy) is 1. The van der Waals surface area contributed by atoms with Crippen molar-refractivity contribution >= 4 is 57.7 Å². The van der Waals surface area contributed by atoms with Gasteiger partial charge < -0.3 is 25.6 Å². The number of aliphatic hydroxyl groups is 1. The van der Waals surface area contributed by atoms with Crippen molar-refractivity contribution < 1.29 is 29.3 Å². The second-order valence-electron chi connectivity index (χ2n) is 9.11. The molecule has 0 radical (unpaired) electrons. The molecular weight excluding hydrogens is 612 g/mol. The highest BCUT2D eigenvalue weighted by Gasteiger charge is 2.17. The van der Waals surface area contributed by atoms with Crippen LogP contribution in [0.1, 0.15) is 47.8 Å². The maximum atomic E-state index is 12.7. The normalized spacial score (nSPS) is 11.3. The number of aromatic hydroxyl groups is 1. The van der Waals surface area contributed by atoms with Crippen LogP contribution in [0, 0.1) is 0 Å². The van der Waals surface area contributed by atoms with Gasteiger partial charge in [0.1, 0.15) is 5.75 Å². The fourth-order valence-corrected chi connectivity index (χ4v) is 5.75. The third-order valence-electron chi connectivity index (χ3n) is 6.08. The predicted octanol–water partition coefficient (Wildman–Crippen LogP) is 4.66. The maximum Gasteiger partial charge on any atom is 0.281 e. The number of thiophene rings is 2. The summed E-state index contributed by atoms with van der Waals surface area (Å²) in [5, 5.41) is 31.4. The van der Waals surface area contributed by atoms with E-state index in [2.05, 4.69) is 21.2 Å². The molecule has 10 nitrogen and oxygen atoms in total. The second-order valence-corrected chi connectivity index (χ2v) is 11.5. The van der Waals surface area contributed by atoms with Crippen molar-refractivity contribution in [3.05, 3.63) is 97.5 Å². The molecule has 3 amide bonds. The number of amides is 3. The molecule has 2 aromatic heterocycles. The molecule has 43 heavy (non-hydrogen) atoms. The van der Waals surface area contributed by atoms with E-state index in [-0.39, 0.29) is 37.3 Å². The summed E-state index contributed by atoms with van der Waals surface area (Å²) in [5.74, 6) is -1.01. The lowest BCUT2D eigenvalue weighted by molar-refractivity contribution is 0.0837. The van der Waals surface area contributed by atoms with E-state index in [0.29, 0.717) is 49.6 Å².